The number of aryl methyl sites for hydroxylation is 1. The summed E-state index contributed by atoms with van der Waals surface area (Å²) < 4.78 is 5.30. The van der Waals surface area contributed by atoms with Crippen LogP contribution >= 0.6 is 0 Å². The second kappa shape index (κ2) is 4.57. The van der Waals surface area contributed by atoms with Crippen LogP contribution in [-0.2, 0) is 17.6 Å². The van der Waals surface area contributed by atoms with Crippen molar-refractivity contribution in [1.82, 2.24) is 9.97 Å². The monoisotopic (exact) mass is 208 g/mol. The number of nitrogens with one attached hydrogen (secondary N) is 1. The maximum atomic E-state index is 11.3. The van der Waals surface area contributed by atoms with E-state index in [0.717, 1.165) is 44.0 Å². The van der Waals surface area contributed by atoms with Crippen molar-refractivity contribution >= 4 is 0 Å². The van der Waals surface area contributed by atoms with Gasteiger partial charge in [0.15, 0.2) is 0 Å². The quantitative estimate of drug-likeness (QED) is 0.803. The van der Waals surface area contributed by atoms with Gasteiger partial charge in [0.25, 0.3) is 5.56 Å². The van der Waals surface area contributed by atoms with Gasteiger partial charge in [0, 0.05) is 31.4 Å². The fraction of sp³-hybridized carbons (Fsp3) is 0.636. The SMILES string of the molecule is CCc1cc(=O)[nH]c(CC2CCOC2)n1. The van der Waals surface area contributed by atoms with Crippen molar-refractivity contribution in [3.05, 3.63) is 27.9 Å². The fourth-order valence-corrected chi connectivity index (χ4v) is 1.86. The van der Waals surface area contributed by atoms with Gasteiger partial charge in [-0.25, -0.2) is 4.98 Å². The molecule has 0 aromatic carbocycles. The Morgan fingerprint density at radius 2 is 2.53 bits per heavy atom. The average Bonchev–Trinajstić information content (AvgIpc) is 2.69. The Labute approximate surface area is 88.7 Å². The summed E-state index contributed by atoms with van der Waals surface area (Å²) in [6, 6.07) is 1.56. The minimum absolute atomic E-state index is 0.0456. The Bertz CT molecular complexity index is 380. The third-order valence-corrected chi connectivity index (χ3v) is 2.71. The number of hydrogen-bond donors (Lipinski definition) is 1. The highest BCUT2D eigenvalue weighted by Gasteiger charge is 2.17. The van der Waals surface area contributed by atoms with Crippen molar-refractivity contribution in [2.75, 3.05) is 13.2 Å². The molecule has 1 atom stereocenters. The van der Waals surface area contributed by atoms with Gasteiger partial charge in [-0.15, -0.1) is 0 Å². The predicted molar refractivity (Wildman–Crippen MR) is 56.9 cm³/mol. The molecule has 0 amide bonds. The molecule has 0 aliphatic carbocycles. The molecule has 1 aliphatic rings. The number of ether oxygens (including phenoxy) is 1. The second-order valence-electron chi connectivity index (χ2n) is 3.97. The number of hydrogen-bond acceptors (Lipinski definition) is 3. The lowest BCUT2D eigenvalue weighted by molar-refractivity contribution is 0.185. The first-order valence-electron chi connectivity index (χ1n) is 5.44. The third-order valence-electron chi connectivity index (χ3n) is 2.71. The summed E-state index contributed by atoms with van der Waals surface area (Å²) in [4.78, 5) is 18.5. The van der Waals surface area contributed by atoms with E-state index in [1.165, 1.54) is 0 Å². The van der Waals surface area contributed by atoms with E-state index in [1.807, 2.05) is 6.92 Å². The molecule has 0 bridgehead atoms. The molecule has 4 nitrogen and oxygen atoms in total. The van der Waals surface area contributed by atoms with Crippen molar-refractivity contribution in [2.45, 2.75) is 26.2 Å². The van der Waals surface area contributed by atoms with E-state index in [-0.39, 0.29) is 5.56 Å². The smallest absolute Gasteiger partial charge is 0.251 e. The molecule has 0 radical (unpaired) electrons. The van der Waals surface area contributed by atoms with Gasteiger partial charge in [-0.2, -0.15) is 0 Å². The Hall–Kier alpha value is -1.16. The molecule has 0 spiro atoms. The average molecular weight is 208 g/mol. The third kappa shape index (κ3) is 2.65. The Kier molecular flexibility index (Phi) is 3.16. The van der Waals surface area contributed by atoms with Crippen LogP contribution in [0.3, 0.4) is 0 Å². The highest BCUT2D eigenvalue weighted by atomic mass is 16.5. The summed E-state index contributed by atoms with van der Waals surface area (Å²) in [6.45, 7) is 3.63. The topological polar surface area (TPSA) is 55.0 Å². The van der Waals surface area contributed by atoms with Gasteiger partial charge in [0.2, 0.25) is 0 Å². The molecule has 1 aromatic heterocycles. The van der Waals surface area contributed by atoms with E-state index >= 15 is 0 Å². The largest absolute Gasteiger partial charge is 0.381 e. The molecule has 4 heteroatoms. The Morgan fingerprint density at radius 1 is 1.67 bits per heavy atom. The first-order valence-corrected chi connectivity index (χ1v) is 5.44. The van der Waals surface area contributed by atoms with Crippen molar-refractivity contribution in [2.24, 2.45) is 5.92 Å². The summed E-state index contributed by atoms with van der Waals surface area (Å²) in [6.07, 6.45) is 2.70. The van der Waals surface area contributed by atoms with E-state index < -0.39 is 0 Å². The molecule has 1 aliphatic heterocycles. The lowest BCUT2D eigenvalue weighted by Gasteiger charge is -2.07. The van der Waals surface area contributed by atoms with Crippen LogP contribution in [0.1, 0.15) is 24.9 Å². The van der Waals surface area contributed by atoms with Crippen molar-refractivity contribution in [3.8, 4) is 0 Å². The lowest BCUT2D eigenvalue weighted by atomic mass is 10.0. The van der Waals surface area contributed by atoms with Crippen LogP contribution in [0.4, 0.5) is 0 Å². The van der Waals surface area contributed by atoms with Crippen LogP contribution < -0.4 is 5.56 Å². The van der Waals surface area contributed by atoms with Crippen molar-refractivity contribution in [1.29, 1.82) is 0 Å². The molecular formula is C11H16N2O2. The normalized spacial score (nSPS) is 20.7. The summed E-state index contributed by atoms with van der Waals surface area (Å²) in [5.74, 6) is 1.31. The molecular weight excluding hydrogens is 192 g/mol. The number of rotatable bonds is 3. The maximum absolute atomic E-state index is 11.3. The van der Waals surface area contributed by atoms with E-state index in [9.17, 15) is 4.79 Å². The van der Waals surface area contributed by atoms with Gasteiger partial charge in [-0.05, 0) is 18.8 Å². The van der Waals surface area contributed by atoms with E-state index in [1.54, 1.807) is 6.07 Å². The Balaban J connectivity index is 2.12. The van der Waals surface area contributed by atoms with Crippen LogP contribution in [0.2, 0.25) is 0 Å². The van der Waals surface area contributed by atoms with Gasteiger partial charge in [0.05, 0.1) is 0 Å². The molecule has 2 heterocycles. The number of aromatic amines is 1. The van der Waals surface area contributed by atoms with Gasteiger partial charge < -0.3 is 9.72 Å². The molecule has 82 valence electrons. The zero-order valence-corrected chi connectivity index (χ0v) is 8.95. The van der Waals surface area contributed by atoms with Crippen LogP contribution in [0.25, 0.3) is 0 Å². The van der Waals surface area contributed by atoms with Gasteiger partial charge in [0.1, 0.15) is 5.82 Å². The molecule has 2 rings (SSSR count). The Morgan fingerprint density at radius 3 is 3.20 bits per heavy atom. The predicted octanol–water partition coefficient (Wildman–Crippen LogP) is 0.911. The van der Waals surface area contributed by atoms with Crippen molar-refractivity contribution < 1.29 is 4.74 Å². The fourth-order valence-electron chi connectivity index (χ4n) is 1.86. The highest BCUT2D eigenvalue weighted by Crippen LogP contribution is 2.15. The zero-order valence-electron chi connectivity index (χ0n) is 8.95. The van der Waals surface area contributed by atoms with Crippen LogP contribution in [0.5, 0.6) is 0 Å². The molecule has 15 heavy (non-hydrogen) atoms. The summed E-state index contributed by atoms with van der Waals surface area (Å²) in [5.41, 5.74) is 0.823. The number of H-pyrrole nitrogens is 1. The second-order valence-corrected chi connectivity index (χ2v) is 3.97. The highest BCUT2D eigenvalue weighted by molar-refractivity contribution is 5.03. The minimum atomic E-state index is -0.0456. The molecule has 1 unspecified atom stereocenters. The summed E-state index contributed by atoms with van der Waals surface area (Å²) in [7, 11) is 0. The molecule has 1 N–H and O–H groups in total. The lowest BCUT2D eigenvalue weighted by Crippen LogP contribution is -2.15. The number of nitrogens with zero attached hydrogens (tertiary/aromatic N) is 1. The van der Waals surface area contributed by atoms with Crippen LogP contribution in [-0.4, -0.2) is 23.2 Å². The molecule has 1 fully saturated rings. The van der Waals surface area contributed by atoms with Gasteiger partial charge >= 0.3 is 0 Å². The maximum Gasteiger partial charge on any atom is 0.251 e. The van der Waals surface area contributed by atoms with Crippen LogP contribution in [0.15, 0.2) is 10.9 Å². The van der Waals surface area contributed by atoms with Crippen LogP contribution in [0, 0.1) is 5.92 Å². The first kappa shape index (κ1) is 10.4. The van der Waals surface area contributed by atoms with Gasteiger partial charge in [-0.1, -0.05) is 6.92 Å². The zero-order chi connectivity index (χ0) is 10.7. The minimum Gasteiger partial charge on any atom is -0.381 e. The standard InChI is InChI=1S/C11H16N2O2/c1-2-9-6-11(14)13-10(12-9)5-8-3-4-15-7-8/h6,8H,2-5,7H2,1H3,(H,12,13,14). The number of aromatic nitrogens is 2. The summed E-state index contributed by atoms with van der Waals surface area (Å²) in [5, 5.41) is 0. The summed E-state index contributed by atoms with van der Waals surface area (Å²) >= 11 is 0. The van der Waals surface area contributed by atoms with E-state index in [0.29, 0.717) is 5.92 Å². The van der Waals surface area contributed by atoms with Gasteiger partial charge in [-0.3, -0.25) is 4.79 Å². The molecule has 1 aromatic rings. The molecule has 0 saturated carbocycles. The molecule has 1 saturated heterocycles. The first-order chi connectivity index (χ1) is 7.28. The van der Waals surface area contributed by atoms with E-state index in [2.05, 4.69) is 9.97 Å². The van der Waals surface area contributed by atoms with E-state index in [4.69, 9.17) is 4.74 Å². The van der Waals surface area contributed by atoms with Crippen molar-refractivity contribution in [3.63, 3.8) is 0 Å².